The summed E-state index contributed by atoms with van der Waals surface area (Å²) in [7, 11) is 0. The summed E-state index contributed by atoms with van der Waals surface area (Å²) in [5.41, 5.74) is 6.42. The van der Waals surface area contributed by atoms with Gasteiger partial charge in [-0.1, -0.05) is 36.4 Å². The summed E-state index contributed by atoms with van der Waals surface area (Å²) < 4.78 is 12.7. The van der Waals surface area contributed by atoms with E-state index < -0.39 is 5.91 Å². The van der Waals surface area contributed by atoms with Gasteiger partial charge in [0.15, 0.2) is 17.1 Å². The molecule has 0 aliphatic carbocycles. The number of thiazole rings is 1. The number of hydrogen-bond acceptors (Lipinski definition) is 6. The number of nitrogens with zero attached hydrogens (tertiary/aromatic N) is 2. The molecule has 144 valence electrons. The number of fused-ring (bicyclic) bond motifs is 1. The molecule has 0 unspecified atom stereocenters. The van der Waals surface area contributed by atoms with Crippen LogP contribution in [-0.2, 0) is 11.3 Å². The average molecular weight is 405 g/mol. The summed E-state index contributed by atoms with van der Waals surface area (Å²) >= 11 is 1.06. The summed E-state index contributed by atoms with van der Waals surface area (Å²) in [4.78, 5) is 24.8. The number of hydrogen-bond donors (Lipinski definition) is 1. The SMILES string of the molecule is N#CC(C(N)=O)=c1sc(=Cc2ccc3c(c2)OCO3)c(=O)n1Cc1ccccc1. The van der Waals surface area contributed by atoms with Crippen molar-refractivity contribution in [2.45, 2.75) is 6.54 Å². The Hall–Kier alpha value is -3.83. The number of nitriles is 1. The molecule has 0 saturated carbocycles. The van der Waals surface area contributed by atoms with Crippen molar-refractivity contribution in [3.63, 3.8) is 0 Å². The van der Waals surface area contributed by atoms with Gasteiger partial charge in [-0.15, -0.1) is 11.3 Å². The third-order valence-corrected chi connectivity index (χ3v) is 5.49. The zero-order valence-electron chi connectivity index (χ0n) is 15.1. The quantitative estimate of drug-likeness (QED) is 0.687. The fraction of sp³-hybridized carbons (Fsp3) is 0.0952. The van der Waals surface area contributed by atoms with Crippen LogP contribution in [-0.4, -0.2) is 17.3 Å². The number of nitrogens with two attached hydrogens (primary N) is 1. The summed E-state index contributed by atoms with van der Waals surface area (Å²) in [5.74, 6) is 0.371. The molecule has 0 atom stereocenters. The standard InChI is InChI=1S/C21H15N3O4S/c22-10-15(19(23)25)21-24(11-13-4-2-1-3-5-13)20(26)18(29-21)9-14-6-7-16-17(8-14)28-12-27-16/h1-9H,11-12H2,(H2,23,25). The lowest BCUT2D eigenvalue weighted by molar-refractivity contribution is -0.112. The minimum atomic E-state index is -0.870. The smallest absolute Gasteiger partial charge is 0.269 e. The van der Waals surface area contributed by atoms with Gasteiger partial charge in [-0.3, -0.25) is 14.2 Å². The van der Waals surface area contributed by atoms with E-state index in [0.29, 0.717) is 16.0 Å². The van der Waals surface area contributed by atoms with Crippen LogP contribution in [0.15, 0.2) is 53.3 Å². The van der Waals surface area contributed by atoms with Crippen LogP contribution in [0, 0.1) is 11.3 Å². The number of aromatic nitrogens is 1. The molecule has 29 heavy (non-hydrogen) atoms. The van der Waals surface area contributed by atoms with Gasteiger partial charge in [0.1, 0.15) is 10.7 Å². The maximum Gasteiger partial charge on any atom is 0.269 e. The molecule has 8 heteroatoms. The van der Waals surface area contributed by atoms with Crippen molar-refractivity contribution < 1.29 is 14.3 Å². The van der Waals surface area contributed by atoms with E-state index >= 15 is 0 Å². The fourth-order valence-electron chi connectivity index (χ4n) is 2.98. The van der Waals surface area contributed by atoms with Crippen LogP contribution < -0.4 is 30.0 Å². The Morgan fingerprint density at radius 3 is 2.69 bits per heavy atom. The van der Waals surface area contributed by atoms with E-state index in [1.165, 1.54) is 4.57 Å². The molecule has 2 aromatic carbocycles. The predicted molar refractivity (Wildman–Crippen MR) is 108 cm³/mol. The van der Waals surface area contributed by atoms with E-state index in [9.17, 15) is 14.9 Å². The van der Waals surface area contributed by atoms with Crippen molar-refractivity contribution >= 4 is 28.9 Å². The predicted octanol–water partition coefficient (Wildman–Crippen LogP) is 0.675. The second-order valence-corrected chi connectivity index (χ2v) is 7.29. The highest BCUT2D eigenvalue weighted by molar-refractivity contribution is 7.07. The van der Waals surface area contributed by atoms with E-state index in [0.717, 1.165) is 22.5 Å². The zero-order chi connectivity index (χ0) is 20.4. The van der Waals surface area contributed by atoms with Crippen LogP contribution in [0.1, 0.15) is 11.1 Å². The summed E-state index contributed by atoms with van der Waals surface area (Å²) in [6.07, 6.45) is 1.69. The fourth-order valence-corrected chi connectivity index (χ4v) is 4.08. The largest absolute Gasteiger partial charge is 0.454 e. The van der Waals surface area contributed by atoms with Gasteiger partial charge in [0.2, 0.25) is 6.79 Å². The number of carbonyl (C=O) groups excluding carboxylic acids is 1. The molecule has 2 heterocycles. The lowest BCUT2D eigenvalue weighted by atomic mass is 10.2. The Bertz CT molecular complexity index is 1320. The topological polar surface area (TPSA) is 107 Å². The van der Waals surface area contributed by atoms with E-state index in [4.69, 9.17) is 15.2 Å². The minimum absolute atomic E-state index is 0.158. The van der Waals surface area contributed by atoms with Crippen LogP contribution in [0.5, 0.6) is 11.5 Å². The molecular formula is C21H15N3O4S. The Kier molecular flexibility index (Phi) is 4.89. The molecular weight excluding hydrogens is 390 g/mol. The maximum absolute atomic E-state index is 13.1. The van der Waals surface area contributed by atoms with Gasteiger partial charge in [-0.2, -0.15) is 5.26 Å². The van der Waals surface area contributed by atoms with Gasteiger partial charge in [0, 0.05) is 0 Å². The number of rotatable bonds is 4. The Morgan fingerprint density at radius 1 is 1.21 bits per heavy atom. The van der Waals surface area contributed by atoms with Gasteiger partial charge in [-0.25, -0.2) is 0 Å². The normalized spacial score (nSPS) is 13.8. The van der Waals surface area contributed by atoms with Crippen LogP contribution >= 0.6 is 11.3 Å². The maximum atomic E-state index is 13.1. The third-order valence-electron chi connectivity index (χ3n) is 4.36. The number of carbonyl (C=O) groups is 1. The summed E-state index contributed by atoms with van der Waals surface area (Å²) in [6.45, 7) is 0.379. The monoisotopic (exact) mass is 405 g/mol. The second-order valence-electron chi connectivity index (χ2n) is 6.26. The number of ether oxygens (including phenoxy) is 2. The van der Waals surface area contributed by atoms with Gasteiger partial charge < -0.3 is 15.2 Å². The Morgan fingerprint density at radius 2 is 1.97 bits per heavy atom. The second kappa shape index (κ2) is 7.66. The average Bonchev–Trinajstić information content (AvgIpc) is 3.29. The lowest BCUT2D eigenvalue weighted by Crippen LogP contribution is -2.34. The molecule has 0 bridgehead atoms. The van der Waals surface area contributed by atoms with Crippen LogP contribution in [0.3, 0.4) is 0 Å². The molecule has 1 amide bonds. The first-order valence-electron chi connectivity index (χ1n) is 8.66. The molecule has 0 fully saturated rings. The van der Waals surface area contributed by atoms with Crippen molar-refractivity contribution in [3.05, 3.63) is 79.2 Å². The molecule has 1 aliphatic heterocycles. The molecule has 0 spiro atoms. The first-order chi connectivity index (χ1) is 14.1. The first kappa shape index (κ1) is 18.5. The molecule has 7 nitrogen and oxygen atoms in total. The molecule has 0 saturated heterocycles. The van der Waals surface area contributed by atoms with Crippen molar-refractivity contribution in [1.82, 2.24) is 4.57 Å². The van der Waals surface area contributed by atoms with E-state index in [1.54, 1.807) is 24.3 Å². The van der Waals surface area contributed by atoms with Crippen molar-refractivity contribution in [2.75, 3.05) is 6.79 Å². The molecule has 0 radical (unpaired) electrons. The highest BCUT2D eigenvalue weighted by Gasteiger charge is 2.15. The van der Waals surface area contributed by atoms with Crippen molar-refractivity contribution in [1.29, 1.82) is 5.26 Å². The van der Waals surface area contributed by atoms with Gasteiger partial charge in [0.05, 0.1) is 11.1 Å². The molecule has 3 aromatic rings. The number of amides is 1. The van der Waals surface area contributed by atoms with Gasteiger partial charge in [0.25, 0.3) is 11.5 Å². The Labute approximate surface area is 169 Å². The highest BCUT2D eigenvalue weighted by Crippen LogP contribution is 2.32. The van der Waals surface area contributed by atoms with Gasteiger partial charge >= 0.3 is 0 Å². The van der Waals surface area contributed by atoms with E-state index in [1.807, 2.05) is 36.4 Å². The molecule has 2 N–H and O–H groups in total. The van der Waals surface area contributed by atoms with Crippen molar-refractivity contribution in [3.8, 4) is 17.6 Å². The first-order valence-corrected chi connectivity index (χ1v) is 9.47. The van der Waals surface area contributed by atoms with Crippen LogP contribution in [0.25, 0.3) is 11.6 Å². The number of primary amides is 1. The molecule has 1 aromatic heterocycles. The third kappa shape index (κ3) is 3.63. The van der Waals surface area contributed by atoms with Crippen LogP contribution in [0.4, 0.5) is 0 Å². The number of benzene rings is 2. The van der Waals surface area contributed by atoms with Crippen LogP contribution in [0.2, 0.25) is 0 Å². The highest BCUT2D eigenvalue weighted by atomic mass is 32.1. The molecule has 4 rings (SSSR count). The zero-order valence-corrected chi connectivity index (χ0v) is 15.9. The van der Waals surface area contributed by atoms with Gasteiger partial charge in [-0.05, 0) is 29.3 Å². The minimum Gasteiger partial charge on any atom is -0.454 e. The Balaban J connectivity index is 1.92. The molecule has 1 aliphatic rings. The van der Waals surface area contributed by atoms with Crippen molar-refractivity contribution in [2.24, 2.45) is 5.73 Å². The van der Waals surface area contributed by atoms with E-state index in [2.05, 4.69) is 0 Å². The summed E-state index contributed by atoms with van der Waals surface area (Å²) in [5, 5.41) is 9.40. The van der Waals surface area contributed by atoms with E-state index in [-0.39, 0.29) is 29.1 Å². The lowest BCUT2D eigenvalue weighted by Gasteiger charge is -2.03. The summed E-state index contributed by atoms with van der Waals surface area (Å²) in [6, 6.07) is 16.5.